The van der Waals surface area contributed by atoms with E-state index in [9.17, 15) is 4.39 Å². The van der Waals surface area contributed by atoms with Crippen LogP contribution in [0.4, 0.5) is 4.39 Å². The average Bonchev–Trinajstić information content (AvgIpc) is 2.58. The number of imidazole rings is 1. The van der Waals surface area contributed by atoms with Gasteiger partial charge in [0.1, 0.15) is 11.6 Å². The normalized spacial score (nSPS) is 10.9. The largest absolute Gasteiger partial charge is 0.330 e. The van der Waals surface area contributed by atoms with Gasteiger partial charge >= 0.3 is 0 Å². The van der Waals surface area contributed by atoms with Crippen molar-refractivity contribution in [3.63, 3.8) is 0 Å². The van der Waals surface area contributed by atoms with Crippen molar-refractivity contribution in [2.75, 3.05) is 0 Å². The highest BCUT2D eigenvalue weighted by atomic mass is 79.9. The zero-order valence-electron chi connectivity index (χ0n) is 9.67. The number of hydrogen-bond donors (Lipinski definition) is 1. The number of hydrogen-bond acceptors (Lipinski definition) is 2. The topological polar surface area (TPSA) is 43.8 Å². The maximum Gasteiger partial charge on any atom is 0.132 e. The SMILES string of the molecule is Cc1nc(CN)n(C)c1-c1cc(Br)ccc1F. The van der Waals surface area contributed by atoms with Crippen LogP contribution in [0.1, 0.15) is 11.5 Å². The molecule has 2 aromatic rings. The molecule has 1 aromatic heterocycles. The molecule has 0 bridgehead atoms. The van der Waals surface area contributed by atoms with E-state index >= 15 is 0 Å². The van der Waals surface area contributed by atoms with Gasteiger partial charge in [-0.3, -0.25) is 0 Å². The van der Waals surface area contributed by atoms with Gasteiger partial charge in [0.2, 0.25) is 0 Å². The van der Waals surface area contributed by atoms with Crippen molar-refractivity contribution in [2.24, 2.45) is 12.8 Å². The van der Waals surface area contributed by atoms with Gasteiger partial charge in [-0.2, -0.15) is 0 Å². The lowest BCUT2D eigenvalue weighted by atomic mass is 10.1. The number of aryl methyl sites for hydroxylation is 1. The van der Waals surface area contributed by atoms with E-state index in [0.29, 0.717) is 12.1 Å². The predicted octanol–water partition coefficient (Wildman–Crippen LogP) is 2.76. The maximum absolute atomic E-state index is 13.8. The van der Waals surface area contributed by atoms with Gasteiger partial charge in [0.25, 0.3) is 0 Å². The molecular formula is C12H13BrFN3. The van der Waals surface area contributed by atoms with Crippen molar-refractivity contribution in [3.8, 4) is 11.3 Å². The minimum absolute atomic E-state index is 0.261. The lowest BCUT2D eigenvalue weighted by molar-refractivity contribution is 0.628. The van der Waals surface area contributed by atoms with E-state index < -0.39 is 0 Å². The summed E-state index contributed by atoms with van der Waals surface area (Å²) in [6.45, 7) is 2.20. The summed E-state index contributed by atoms with van der Waals surface area (Å²) in [6.07, 6.45) is 0. The third-order valence-electron chi connectivity index (χ3n) is 2.73. The number of aromatic nitrogens is 2. The molecule has 0 unspecified atom stereocenters. The summed E-state index contributed by atoms with van der Waals surface area (Å²) in [5, 5.41) is 0. The van der Waals surface area contributed by atoms with Gasteiger partial charge < -0.3 is 10.3 Å². The minimum atomic E-state index is -0.261. The van der Waals surface area contributed by atoms with Crippen molar-refractivity contribution in [1.29, 1.82) is 0 Å². The number of nitrogens with two attached hydrogens (primary N) is 1. The standard InChI is InChI=1S/C12H13BrFN3/c1-7-12(17(2)11(6-15)16-7)9-5-8(13)3-4-10(9)14/h3-5H,6,15H2,1-2H3. The molecule has 2 N–H and O–H groups in total. The van der Waals surface area contributed by atoms with Gasteiger partial charge in [-0.05, 0) is 25.1 Å². The van der Waals surface area contributed by atoms with Crippen LogP contribution in [0.2, 0.25) is 0 Å². The van der Waals surface area contributed by atoms with Crippen LogP contribution in [0.25, 0.3) is 11.3 Å². The Morgan fingerprint density at radius 1 is 1.47 bits per heavy atom. The molecule has 1 heterocycles. The van der Waals surface area contributed by atoms with Crippen molar-refractivity contribution in [2.45, 2.75) is 13.5 Å². The van der Waals surface area contributed by atoms with E-state index in [1.165, 1.54) is 6.07 Å². The lowest BCUT2D eigenvalue weighted by Gasteiger charge is -2.07. The molecule has 17 heavy (non-hydrogen) atoms. The fourth-order valence-corrected chi connectivity index (χ4v) is 2.29. The second-order valence-corrected chi connectivity index (χ2v) is 4.77. The predicted molar refractivity (Wildman–Crippen MR) is 68.9 cm³/mol. The Labute approximate surface area is 108 Å². The number of rotatable bonds is 2. The van der Waals surface area contributed by atoms with E-state index in [-0.39, 0.29) is 5.82 Å². The van der Waals surface area contributed by atoms with Crippen LogP contribution in [0.15, 0.2) is 22.7 Å². The van der Waals surface area contributed by atoms with Crippen molar-refractivity contribution in [3.05, 3.63) is 40.0 Å². The molecule has 0 saturated carbocycles. The first-order valence-electron chi connectivity index (χ1n) is 5.22. The van der Waals surface area contributed by atoms with Gasteiger partial charge in [-0.15, -0.1) is 0 Å². The number of nitrogens with zero attached hydrogens (tertiary/aromatic N) is 2. The Bertz CT molecular complexity index is 563. The zero-order chi connectivity index (χ0) is 12.6. The zero-order valence-corrected chi connectivity index (χ0v) is 11.3. The highest BCUT2D eigenvalue weighted by Crippen LogP contribution is 2.29. The summed E-state index contributed by atoms with van der Waals surface area (Å²) in [5.41, 5.74) is 7.68. The first kappa shape index (κ1) is 12.3. The molecule has 1 aromatic carbocycles. The molecule has 0 amide bonds. The highest BCUT2D eigenvalue weighted by Gasteiger charge is 2.15. The van der Waals surface area contributed by atoms with Crippen molar-refractivity contribution < 1.29 is 4.39 Å². The molecule has 90 valence electrons. The van der Waals surface area contributed by atoms with E-state index in [2.05, 4.69) is 20.9 Å². The third-order valence-corrected chi connectivity index (χ3v) is 3.22. The van der Waals surface area contributed by atoms with Crippen LogP contribution in [0.5, 0.6) is 0 Å². The monoisotopic (exact) mass is 297 g/mol. The summed E-state index contributed by atoms with van der Waals surface area (Å²) in [6, 6.07) is 4.86. The maximum atomic E-state index is 13.8. The van der Waals surface area contributed by atoms with E-state index in [1.807, 2.05) is 18.5 Å². The fraction of sp³-hybridized carbons (Fsp3) is 0.250. The Morgan fingerprint density at radius 2 is 2.18 bits per heavy atom. The average molecular weight is 298 g/mol. The van der Waals surface area contributed by atoms with Gasteiger partial charge in [-0.1, -0.05) is 15.9 Å². The molecule has 0 aliphatic rings. The molecule has 0 aliphatic carbocycles. The van der Waals surface area contributed by atoms with Crippen molar-refractivity contribution >= 4 is 15.9 Å². The van der Waals surface area contributed by atoms with Gasteiger partial charge in [-0.25, -0.2) is 9.37 Å². The lowest BCUT2D eigenvalue weighted by Crippen LogP contribution is -2.05. The summed E-state index contributed by atoms with van der Waals surface area (Å²) < 4.78 is 16.5. The van der Waals surface area contributed by atoms with Crippen LogP contribution in [0, 0.1) is 12.7 Å². The van der Waals surface area contributed by atoms with Crippen LogP contribution in [0.3, 0.4) is 0 Å². The van der Waals surface area contributed by atoms with Crippen molar-refractivity contribution in [1.82, 2.24) is 9.55 Å². The molecular weight excluding hydrogens is 285 g/mol. The first-order valence-corrected chi connectivity index (χ1v) is 6.01. The highest BCUT2D eigenvalue weighted by molar-refractivity contribution is 9.10. The molecule has 3 nitrogen and oxygen atoms in total. The van der Waals surface area contributed by atoms with Gasteiger partial charge in [0.05, 0.1) is 17.9 Å². The van der Waals surface area contributed by atoms with Crippen LogP contribution < -0.4 is 5.73 Å². The second kappa shape index (κ2) is 4.58. The summed E-state index contributed by atoms with van der Waals surface area (Å²) in [4.78, 5) is 4.33. The molecule has 5 heteroatoms. The second-order valence-electron chi connectivity index (χ2n) is 3.85. The third kappa shape index (κ3) is 2.12. The molecule has 0 radical (unpaired) electrons. The Hall–Kier alpha value is -1.20. The van der Waals surface area contributed by atoms with Crippen LogP contribution in [-0.2, 0) is 13.6 Å². The quantitative estimate of drug-likeness (QED) is 0.926. The van der Waals surface area contributed by atoms with E-state index in [0.717, 1.165) is 21.7 Å². The number of benzene rings is 1. The van der Waals surface area contributed by atoms with Gasteiger partial charge in [0, 0.05) is 17.1 Å². The molecule has 0 fully saturated rings. The molecule has 0 saturated heterocycles. The molecule has 0 aliphatic heterocycles. The van der Waals surface area contributed by atoms with E-state index in [1.54, 1.807) is 12.1 Å². The van der Waals surface area contributed by atoms with Crippen LogP contribution in [-0.4, -0.2) is 9.55 Å². The van der Waals surface area contributed by atoms with Crippen LogP contribution >= 0.6 is 15.9 Å². The summed E-state index contributed by atoms with van der Waals surface area (Å²) >= 11 is 3.35. The van der Waals surface area contributed by atoms with Gasteiger partial charge in [0.15, 0.2) is 0 Å². The molecule has 0 atom stereocenters. The van der Waals surface area contributed by atoms with E-state index in [4.69, 9.17) is 5.73 Å². The Kier molecular flexibility index (Phi) is 3.31. The summed E-state index contributed by atoms with van der Waals surface area (Å²) in [7, 11) is 1.85. The molecule has 2 rings (SSSR count). The minimum Gasteiger partial charge on any atom is -0.330 e. The Balaban J connectivity index is 2.68. The number of halogens is 2. The Morgan fingerprint density at radius 3 is 2.76 bits per heavy atom. The smallest absolute Gasteiger partial charge is 0.132 e. The fourth-order valence-electron chi connectivity index (χ4n) is 1.93. The molecule has 0 spiro atoms. The first-order chi connectivity index (χ1) is 8.04. The summed E-state index contributed by atoms with van der Waals surface area (Å²) in [5.74, 6) is 0.486.